The van der Waals surface area contributed by atoms with Crippen LogP contribution in [0.25, 0.3) is 0 Å². The van der Waals surface area contributed by atoms with Gasteiger partial charge < -0.3 is 15.5 Å². The van der Waals surface area contributed by atoms with Gasteiger partial charge in [0.15, 0.2) is 6.29 Å². The van der Waals surface area contributed by atoms with Crippen LogP contribution in [0.3, 0.4) is 0 Å². The molecule has 4 atom stereocenters. The summed E-state index contributed by atoms with van der Waals surface area (Å²) in [4.78, 5) is 56.4. The van der Waals surface area contributed by atoms with E-state index in [0.29, 0.717) is 25.8 Å². The summed E-state index contributed by atoms with van der Waals surface area (Å²) in [6.07, 6.45) is 6.63. The molecule has 0 radical (unpaired) electrons. The molecule has 4 fully saturated rings. The first-order valence-electron chi connectivity index (χ1n) is 13.7. The molecule has 202 valence electrons. The highest BCUT2D eigenvalue weighted by Gasteiger charge is 2.56. The maximum Gasteiger partial charge on any atom is 0.337 e. The summed E-state index contributed by atoms with van der Waals surface area (Å²) in [6, 6.07) is -0.441. The summed E-state index contributed by atoms with van der Waals surface area (Å²) in [5.74, 6) is -0.510. The minimum atomic E-state index is -0.642. The lowest BCUT2D eigenvalue weighted by Gasteiger charge is -2.50. The van der Waals surface area contributed by atoms with Crippen molar-refractivity contribution < 1.29 is 19.2 Å². The largest absolute Gasteiger partial charge is 0.353 e. The smallest absolute Gasteiger partial charge is 0.337 e. The molecule has 2 saturated carbocycles. The van der Waals surface area contributed by atoms with E-state index in [1.54, 1.807) is 9.80 Å². The van der Waals surface area contributed by atoms with Crippen LogP contribution in [0.1, 0.15) is 86.0 Å². The molecule has 10 heteroatoms. The van der Waals surface area contributed by atoms with Gasteiger partial charge in [-0.25, -0.2) is 9.80 Å². The number of fused-ring (bicyclic) bond motifs is 3. The molecule has 0 spiro atoms. The van der Waals surface area contributed by atoms with Crippen molar-refractivity contribution in [2.45, 2.75) is 110 Å². The molecule has 10 nitrogen and oxygen atoms in total. The number of amides is 5. The number of carbonyl (C=O) groups is 4. The van der Waals surface area contributed by atoms with Crippen LogP contribution in [0, 0.1) is 17.8 Å². The highest BCUT2D eigenvalue weighted by atomic mass is 16.2. The first kappa shape index (κ1) is 26.7. The van der Waals surface area contributed by atoms with Crippen molar-refractivity contribution in [2.24, 2.45) is 17.8 Å². The van der Waals surface area contributed by atoms with Crippen molar-refractivity contribution in [3.05, 3.63) is 0 Å². The number of hydrazine groups is 1. The van der Waals surface area contributed by atoms with Gasteiger partial charge in [-0.3, -0.25) is 19.3 Å². The average Bonchev–Trinajstić information content (AvgIpc) is 3.11. The normalized spacial score (nSPS) is 29.3. The molecule has 4 aliphatic rings. The van der Waals surface area contributed by atoms with E-state index in [9.17, 15) is 19.2 Å². The number of hydrogen-bond acceptors (Lipinski definition) is 5. The van der Waals surface area contributed by atoms with E-state index >= 15 is 0 Å². The van der Waals surface area contributed by atoms with E-state index in [4.69, 9.17) is 0 Å². The minimum absolute atomic E-state index is 0.0300. The van der Waals surface area contributed by atoms with Gasteiger partial charge in [0, 0.05) is 30.1 Å². The lowest BCUT2D eigenvalue weighted by atomic mass is 9.75. The molecule has 0 bridgehead atoms. The molecule has 36 heavy (non-hydrogen) atoms. The van der Waals surface area contributed by atoms with E-state index < -0.39 is 11.8 Å². The Morgan fingerprint density at radius 1 is 1.06 bits per heavy atom. The van der Waals surface area contributed by atoms with Crippen molar-refractivity contribution in [1.29, 1.82) is 0 Å². The van der Waals surface area contributed by atoms with E-state index in [-0.39, 0.29) is 60.1 Å². The Morgan fingerprint density at radius 2 is 1.75 bits per heavy atom. The maximum absolute atomic E-state index is 13.6. The second-order valence-electron chi connectivity index (χ2n) is 12.5. The number of carbonyl (C=O) groups excluding carboxylic acids is 4. The molecule has 0 aromatic carbocycles. The van der Waals surface area contributed by atoms with Crippen molar-refractivity contribution in [2.75, 3.05) is 13.1 Å². The topological polar surface area (TPSA) is 114 Å². The SMILES string of the molecule is CC(C)CN1C(=O)C2CCC(C(=O)NC3CCCCC3)CC2N2C(=O)N(CC(=O)NC(C)(C)C)NC12. The molecule has 2 heterocycles. The fourth-order valence-electron chi connectivity index (χ4n) is 6.22. The van der Waals surface area contributed by atoms with Gasteiger partial charge in [-0.05, 0) is 58.8 Å². The molecule has 4 unspecified atom stereocenters. The zero-order valence-electron chi connectivity index (χ0n) is 22.5. The summed E-state index contributed by atoms with van der Waals surface area (Å²) in [5.41, 5.74) is 2.72. The number of nitrogens with zero attached hydrogens (tertiary/aromatic N) is 3. The van der Waals surface area contributed by atoms with Gasteiger partial charge in [-0.2, -0.15) is 5.43 Å². The van der Waals surface area contributed by atoms with Gasteiger partial charge in [0.25, 0.3) is 0 Å². The Labute approximate surface area is 214 Å². The van der Waals surface area contributed by atoms with Gasteiger partial charge in [-0.1, -0.05) is 33.1 Å². The number of urea groups is 1. The van der Waals surface area contributed by atoms with E-state index in [1.165, 1.54) is 11.4 Å². The molecule has 0 aromatic heterocycles. The number of rotatable bonds is 6. The second-order valence-corrected chi connectivity index (χ2v) is 12.5. The maximum atomic E-state index is 13.6. The molecule has 5 amide bonds. The molecular formula is C26H44N6O4. The number of hydrogen-bond donors (Lipinski definition) is 3. The monoisotopic (exact) mass is 504 g/mol. The predicted molar refractivity (Wildman–Crippen MR) is 135 cm³/mol. The number of nitrogens with one attached hydrogen (secondary N) is 3. The Bertz CT molecular complexity index is 865. The molecule has 2 aliphatic heterocycles. The first-order valence-corrected chi connectivity index (χ1v) is 13.7. The summed E-state index contributed by atoms with van der Waals surface area (Å²) in [6.45, 7) is 10.1. The van der Waals surface area contributed by atoms with E-state index in [1.807, 2.05) is 34.6 Å². The highest BCUT2D eigenvalue weighted by molar-refractivity contribution is 5.89. The molecular weight excluding hydrogens is 460 g/mol. The minimum Gasteiger partial charge on any atom is -0.353 e. The van der Waals surface area contributed by atoms with Crippen molar-refractivity contribution in [1.82, 2.24) is 30.9 Å². The van der Waals surface area contributed by atoms with E-state index in [2.05, 4.69) is 16.1 Å². The van der Waals surface area contributed by atoms with Gasteiger partial charge in [0.05, 0.1) is 5.92 Å². The van der Waals surface area contributed by atoms with Gasteiger partial charge in [-0.15, -0.1) is 0 Å². The molecule has 2 saturated heterocycles. The zero-order chi connectivity index (χ0) is 26.2. The van der Waals surface area contributed by atoms with Gasteiger partial charge in [0.1, 0.15) is 6.54 Å². The van der Waals surface area contributed by atoms with Crippen LogP contribution in [-0.2, 0) is 14.4 Å². The fraction of sp³-hybridized carbons (Fsp3) is 0.846. The molecule has 4 rings (SSSR count). The van der Waals surface area contributed by atoms with Crippen LogP contribution in [-0.4, -0.2) is 75.6 Å². The molecule has 3 N–H and O–H groups in total. The summed E-state index contributed by atoms with van der Waals surface area (Å²) < 4.78 is 0. The van der Waals surface area contributed by atoms with Crippen LogP contribution in [0.5, 0.6) is 0 Å². The summed E-state index contributed by atoms with van der Waals surface area (Å²) in [7, 11) is 0. The van der Waals surface area contributed by atoms with Crippen LogP contribution in [0.4, 0.5) is 4.79 Å². The third kappa shape index (κ3) is 5.79. The third-order valence-corrected chi connectivity index (χ3v) is 7.76. The van der Waals surface area contributed by atoms with Gasteiger partial charge >= 0.3 is 6.03 Å². The van der Waals surface area contributed by atoms with Crippen molar-refractivity contribution in [3.63, 3.8) is 0 Å². The fourth-order valence-corrected chi connectivity index (χ4v) is 6.22. The van der Waals surface area contributed by atoms with Crippen LogP contribution < -0.4 is 16.1 Å². The Morgan fingerprint density at radius 3 is 2.39 bits per heavy atom. The highest BCUT2D eigenvalue weighted by Crippen LogP contribution is 2.40. The van der Waals surface area contributed by atoms with E-state index in [0.717, 1.165) is 25.7 Å². The Kier molecular flexibility index (Phi) is 7.83. The van der Waals surface area contributed by atoms with Crippen LogP contribution in [0.15, 0.2) is 0 Å². The molecule has 0 aromatic rings. The van der Waals surface area contributed by atoms with Crippen molar-refractivity contribution >= 4 is 23.8 Å². The quantitative estimate of drug-likeness (QED) is 0.513. The third-order valence-electron chi connectivity index (χ3n) is 7.76. The van der Waals surface area contributed by atoms with Gasteiger partial charge in [0.2, 0.25) is 17.7 Å². The lowest BCUT2D eigenvalue weighted by Crippen LogP contribution is -2.67. The predicted octanol–water partition coefficient (Wildman–Crippen LogP) is 2.16. The zero-order valence-corrected chi connectivity index (χ0v) is 22.5. The van der Waals surface area contributed by atoms with Crippen LogP contribution >= 0.6 is 0 Å². The van der Waals surface area contributed by atoms with Crippen molar-refractivity contribution in [3.8, 4) is 0 Å². The lowest BCUT2D eigenvalue weighted by molar-refractivity contribution is -0.159. The Balaban J connectivity index is 1.51. The Hall–Kier alpha value is -2.36. The molecule has 2 aliphatic carbocycles. The second kappa shape index (κ2) is 10.6. The summed E-state index contributed by atoms with van der Waals surface area (Å²) >= 11 is 0. The first-order chi connectivity index (χ1) is 16.9. The van der Waals surface area contributed by atoms with Crippen LogP contribution in [0.2, 0.25) is 0 Å². The standard InChI is InChI=1S/C26H44N6O4/c1-16(2)14-30-23(35)19-12-11-17(22(34)27-18-9-7-6-8-10-18)13-20(19)32-24(30)29-31(25(32)36)15-21(33)28-26(3,4)5/h16-20,24,29H,6-15H2,1-5H3,(H,27,34)(H,28,33). The average molecular weight is 505 g/mol. The summed E-state index contributed by atoms with van der Waals surface area (Å²) in [5, 5.41) is 7.45.